The van der Waals surface area contributed by atoms with Crippen molar-refractivity contribution in [3.8, 4) is 0 Å². The van der Waals surface area contributed by atoms with Crippen LogP contribution < -0.4 is 5.32 Å². The van der Waals surface area contributed by atoms with Crippen LogP contribution in [0.5, 0.6) is 0 Å². The average molecular weight is 230 g/mol. The lowest BCUT2D eigenvalue weighted by Crippen LogP contribution is -2.25. The van der Waals surface area contributed by atoms with Gasteiger partial charge in [-0.15, -0.1) is 0 Å². The maximum atomic E-state index is 4.49. The van der Waals surface area contributed by atoms with Gasteiger partial charge in [-0.2, -0.15) is 0 Å². The number of hydrogen-bond donors (Lipinski definition) is 2. The van der Waals surface area contributed by atoms with E-state index in [-0.39, 0.29) is 0 Å². The number of rotatable bonds is 3. The number of imidazole rings is 1. The van der Waals surface area contributed by atoms with Crippen molar-refractivity contribution in [1.82, 2.24) is 20.3 Å². The Balaban J connectivity index is 1.72. The van der Waals surface area contributed by atoms with Gasteiger partial charge in [0.1, 0.15) is 5.82 Å². The van der Waals surface area contributed by atoms with E-state index in [9.17, 15) is 0 Å². The zero-order chi connectivity index (χ0) is 11.7. The average Bonchev–Trinajstić information content (AvgIpc) is 2.94. The molecule has 1 aliphatic rings. The van der Waals surface area contributed by atoms with Crippen molar-refractivity contribution in [1.29, 1.82) is 0 Å². The van der Waals surface area contributed by atoms with Crippen LogP contribution in [-0.2, 0) is 6.54 Å². The maximum Gasteiger partial charge on any atom is 0.177 e. The number of pyridine rings is 1. The molecular weight excluding hydrogens is 212 g/mol. The van der Waals surface area contributed by atoms with Crippen molar-refractivity contribution in [3.05, 3.63) is 23.7 Å². The molecule has 3 rings (SSSR count). The monoisotopic (exact) mass is 230 g/mol. The SMILES string of the molecule is Cc1cnc2nc(CNC3CCCC3)[nH]c2c1. The van der Waals surface area contributed by atoms with Crippen molar-refractivity contribution >= 4 is 11.2 Å². The molecule has 0 aliphatic heterocycles. The van der Waals surface area contributed by atoms with E-state index < -0.39 is 0 Å². The molecule has 0 atom stereocenters. The van der Waals surface area contributed by atoms with Gasteiger partial charge in [-0.05, 0) is 31.4 Å². The minimum absolute atomic E-state index is 0.679. The third-order valence-electron chi connectivity index (χ3n) is 3.44. The van der Waals surface area contributed by atoms with Crippen molar-refractivity contribution in [3.63, 3.8) is 0 Å². The van der Waals surface area contributed by atoms with Crippen LogP contribution >= 0.6 is 0 Å². The largest absolute Gasteiger partial charge is 0.340 e. The molecule has 1 fully saturated rings. The Hall–Kier alpha value is -1.42. The van der Waals surface area contributed by atoms with Gasteiger partial charge in [-0.3, -0.25) is 0 Å². The van der Waals surface area contributed by atoms with Gasteiger partial charge in [0.25, 0.3) is 0 Å². The fraction of sp³-hybridized carbons (Fsp3) is 0.538. The van der Waals surface area contributed by atoms with Crippen LogP contribution in [0.25, 0.3) is 11.2 Å². The Labute approximate surface area is 101 Å². The van der Waals surface area contributed by atoms with E-state index in [0.29, 0.717) is 6.04 Å². The zero-order valence-corrected chi connectivity index (χ0v) is 10.2. The third-order valence-corrected chi connectivity index (χ3v) is 3.44. The first-order chi connectivity index (χ1) is 8.31. The van der Waals surface area contributed by atoms with Crippen LogP contribution in [0, 0.1) is 6.92 Å². The highest BCUT2D eigenvalue weighted by Gasteiger charge is 2.14. The summed E-state index contributed by atoms with van der Waals surface area (Å²) in [6.45, 7) is 2.86. The Bertz CT molecular complexity index is 511. The number of aromatic amines is 1. The van der Waals surface area contributed by atoms with Gasteiger partial charge in [0.2, 0.25) is 0 Å². The van der Waals surface area contributed by atoms with Crippen molar-refractivity contribution in [2.24, 2.45) is 0 Å². The van der Waals surface area contributed by atoms with Gasteiger partial charge in [0.15, 0.2) is 5.65 Å². The van der Waals surface area contributed by atoms with E-state index >= 15 is 0 Å². The summed E-state index contributed by atoms with van der Waals surface area (Å²) in [7, 11) is 0. The Morgan fingerprint density at radius 3 is 3.06 bits per heavy atom. The highest BCUT2D eigenvalue weighted by molar-refractivity contribution is 5.70. The molecule has 0 amide bonds. The molecule has 4 nitrogen and oxygen atoms in total. The topological polar surface area (TPSA) is 53.6 Å². The smallest absolute Gasteiger partial charge is 0.177 e. The number of H-pyrrole nitrogens is 1. The summed E-state index contributed by atoms with van der Waals surface area (Å²) >= 11 is 0. The molecule has 90 valence electrons. The molecule has 2 heterocycles. The summed E-state index contributed by atoms with van der Waals surface area (Å²) in [5.74, 6) is 0.991. The highest BCUT2D eigenvalue weighted by atomic mass is 15.0. The molecule has 0 spiro atoms. The van der Waals surface area contributed by atoms with E-state index in [1.54, 1.807) is 0 Å². The molecule has 1 saturated carbocycles. The fourth-order valence-corrected chi connectivity index (χ4v) is 2.51. The molecule has 2 aromatic rings. The zero-order valence-electron chi connectivity index (χ0n) is 10.2. The van der Waals surface area contributed by atoms with Gasteiger partial charge in [-0.1, -0.05) is 12.8 Å². The number of nitrogens with one attached hydrogen (secondary N) is 2. The van der Waals surface area contributed by atoms with Crippen LogP contribution in [0.4, 0.5) is 0 Å². The van der Waals surface area contributed by atoms with Crippen LogP contribution in [0.15, 0.2) is 12.3 Å². The first kappa shape index (κ1) is 10.7. The van der Waals surface area contributed by atoms with E-state index in [0.717, 1.165) is 29.1 Å². The third kappa shape index (κ3) is 2.31. The van der Waals surface area contributed by atoms with Gasteiger partial charge < -0.3 is 10.3 Å². The summed E-state index contributed by atoms with van der Waals surface area (Å²) in [5, 5.41) is 3.55. The molecule has 0 bridgehead atoms. The number of nitrogens with zero attached hydrogens (tertiary/aromatic N) is 2. The molecule has 17 heavy (non-hydrogen) atoms. The normalized spacial score (nSPS) is 17.0. The van der Waals surface area contributed by atoms with E-state index in [1.807, 2.05) is 13.1 Å². The molecule has 0 radical (unpaired) electrons. The summed E-state index contributed by atoms with van der Waals surface area (Å²) in [5.41, 5.74) is 3.02. The molecule has 2 N–H and O–H groups in total. The summed E-state index contributed by atoms with van der Waals surface area (Å²) in [6, 6.07) is 2.77. The second kappa shape index (κ2) is 4.45. The second-order valence-electron chi connectivity index (χ2n) is 4.93. The summed E-state index contributed by atoms with van der Waals surface area (Å²) < 4.78 is 0. The predicted octanol–water partition coefficient (Wildman–Crippen LogP) is 2.30. The number of aromatic nitrogens is 3. The quantitative estimate of drug-likeness (QED) is 0.850. The van der Waals surface area contributed by atoms with Crippen LogP contribution in [0.3, 0.4) is 0 Å². The van der Waals surface area contributed by atoms with Crippen LogP contribution in [0.2, 0.25) is 0 Å². The van der Waals surface area contributed by atoms with E-state index in [2.05, 4.69) is 26.3 Å². The Morgan fingerprint density at radius 2 is 2.24 bits per heavy atom. The first-order valence-corrected chi connectivity index (χ1v) is 6.36. The van der Waals surface area contributed by atoms with Gasteiger partial charge in [0, 0.05) is 12.2 Å². The Morgan fingerprint density at radius 1 is 1.41 bits per heavy atom. The number of aryl methyl sites for hydroxylation is 1. The second-order valence-corrected chi connectivity index (χ2v) is 4.93. The minimum Gasteiger partial charge on any atom is -0.340 e. The Kier molecular flexibility index (Phi) is 2.81. The molecule has 0 unspecified atom stereocenters. The van der Waals surface area contributed by atoms with Gasteiger partial charge >= 0.3 is 0 Å². The van der Waals surface area contributed by atoms with Crippen molar-refractivity contribution in [2.45, 2.75) is 45.2 Å². The lowest BCUT2D eigenvalue weighted by Gasteiger charge is -2.09. The predicted molar refractivity (Wildman–Crippen MR) is 67.7 cm³/mol. The fourth-order valence-electron chi connectivity index (χ4n) is 2.51. The summed E-state index contributed by atoms with van der Waals surface area (Å²) in [6.07, 6.45) is 7.18. The lowest BCUT2D eigenvalue weighted by molar-refractivity contribution is 0.516. The van der Waals surface area contributed by atoms with Crippen molar-refractivity contribution < 1.29 is 0 Å². The molecule has 1 aliphatic carbocycles. The maximum absolute atomic E-state index is 4.49. The molecule has 0 saturated heterocycles. The standard InChI is InChI=1S/C13H18N4/c1-9-6-11-13(15-7-9)17-12(16-11)8-14-10-4-2-3-5-10/h6-7,10,14H,2-5,8H2,1H3,(H,15,16,17). The first-order valence-electron chi connectivity index (χ1n) is 6.36. The molecular formula is C13H18N4. The lowest BCUT2D eigenvalue weighted by atomic mass is 10.2. The van der Waals surface area contributed by atoms with E-state index in [4.69, 9.17) is 0 Å². The van der Waals surface area contributed by atoms with Crippen molar-refractivity contribution in [2.75, 3.05) is 0 Å². The van der Waals surface area contributed by atoms with Crippen LogP contribution in [-0.4, -0.2) is 21.0 Å². The van der Waals surface area contributed by atoms with Gasteiger partial charge in [0.05, 0.1) is 12.1 Å². The van der Waals surface area contributed by atoms with Crippen LogP contribution in [0.1, 0.15) is 37.1 Å². The highest BCUT2D eigenvalue weighted by Crippen LogP contribution is 2.18. The number of hydrogen-bond acceptors (Lipinski definition) is 3. The van der Waals surface area contributed by atoms with Gasteiger partial charge in [-0.25, -0.2) is 9.97 Å². The molecule has 4 heteroatoms. The minimum atomic E-state index is 0.679. The molecule has 2 aromatic heterocycles. The van der Waals surface area contributed by atoms with E-state index in [1.165, 1.54) is 25.7 Å². The molecule has 0 aromatic carbocycles. The summed E-state index contributed by atoms with van der Waals surface area (Å²) in [4.78, 5) is 12.1. The number of fused-ring (bicyclic) bond motifs is 1.